The van der Waals surface area contributed by atoms with Gasteiger partial charge in [-0.05, 0) is 55.8 Å². The van der Waals surface area contributed by atoms with E-state index in [1.165, 1.54) is 28.6 Å². The topological polar surface area (TPSA) is 82.1 Å². The minimum Gasteiger partial charge on any atom is -0.493 e. The molecule has 0 aromatic heterocycles. The first kappa shape index (κ1) is 22.7. The molecule has 2 aromatic rings. The van der Waals surface area contributed by atoms with E-state index in [-0.39, 0.29) is 24.6 Å². The van der Waals surface area contributed by atoms with E-state index < -0.39 is 16.0 Å². The fourth-order valence-electron chi connectivity index (χ4n) is 2.78. The van der Waals surface area contributed by atoms with E-state index in [1.54, 1.807) is 33.1 Å². The Morgan fingerprint density at radius 3 is 2.21 bits per heavy atom. The van der Waals surface area contributed by atoms with Crippen molar-refractivity contribution in [1.82, 2.24) is 4.31 Å². The van der Waals surface area contributed by atoms with Crippen LogP contribution >= 0.6 is 0 Å². The molecule has 7 nitrogen and oxygen atoms in total. The summed E-state index contributed by atoms with van der Waals surface area (Å²) in [4.78, 5) is 11.9. The van der Waals surface area contributed by atoms with Gasteiger partial charge < -0.3 is 14.2 Å². The number of carbonyl (C=O) groups is 1. The van der Waals surface area contributed by atoms with Gasteiger partial charge in [0, 0.05) is 13.1 Å². The maximum Gasteiger partial charge on any atom is 0.338 e. The van der Waals surface area contributed by atoms with E-state index in [2.05, 4.69) is 0 Å². The summed E-state index contributed by atoms with van der Waals surface area (Å²) in [5.74, 6) is 0.682. The minimum atomic E-state index is -3.73. The molecule has 0 N–H and O–H groups in total. The van der Waals surface area contributed by atoms with E-state index >= 15 is 0 Å². The van der Waals surface area contributed by atoms with Crippen LogP contribution in [0.15, 0.2) is 47.4 Å². The van der Waals surface area contributed by atoms with Crippen molar-refractivity contribution in [2.24, 2.45) is 0 Å². The molecule has 0 aliphatic heterocycles. The SMILES string of the molecule is CCOC(=O)c1ccc(S(=O)(=O)N(CC)Cc2ccc(OCC)c(OC)c2)cc1. The van der Waals surface area contributed by atoms with Crippen molar-refractivity contribution in [3.05, 3.63) is 53.6 Å². The van der Waals surface area contributed by atoms with E-state index in [4.69, 9.17) is 14.2 Å². The highest BCUT2D eigenvalue weighted by Crippen LogP contribution is 2.29. The molecule has 158 valence electrons. The van der Waals surface area contributed by atoms with Crippen molar-refractivity contribution in [3.8, 4) is 11.5 Å². The number of benzene rings is 2. The van der Waals surface area contributed by atoms with Crippen LogP contribution in [0.1, 0.15) is 36.7 Å². The lowest BCUT2D eigenvalue weighted by atomic mass is 10.2. The molecule has 0 saturated heterocycles. The Morgan fingerprint density at radius 1 is 0.966 bits per heavy atom. The zero-order valence-corrected chi connectivity index (χ0v) is 18.0. The number of nitrogens with zero attached hydrogens (tertiary/aromatic N) is 1. The number of ether oxygens (including phenoxy) is 3. The molecule has 0 amide bonds. The van der Waals surface area contributed by atoms with Crippen LogP contribution in [0.2, 0.25) is 0 Å². The second kappa shape index (κ2) is 10.3. The van der Waals surface area contributed by atoms with Crippen LogP contribution in [0.5, 0.6) is 11.5 Å². The first-order valence-electron chi connectivity index (χ1n) is 9.44. The number of rotatable bonds is 10. The standard InChI is InChI=1S/C21H27NO6S/c1-5-22(15-16-8-13-19(27-6-2)20(14-16)26-4)29(24,25)18-11-9-17(10-12-18)21(23)28-7-3/h8-14H,5-7,15H2,1-4H3. The number of esters is 1. The highest BCUT2D eigenvalue weighted by Gasteiger charge is 2.24. The third-order valence-electron chi connectivity index (χ3n) is 4.24. The van der Waals surface area contributed by atoms with Gasteiger partial charge in [-0.15, -0.1) is 0 Å². The van der Waals surface area contributed by atoms with Crippen LogP contribution < -0.4 is 9.47 Å². The molecule has 0 aliphatic rings. The number of carbonyl (C=O) groups excluding carboxylic acids is 1. The van der Waals surface area contributed by atoms with Crippen molar-refractivity contribution in [3.63, 3.8) is 0 Å². The van der Waals surface area contributed by atoms with Gasteiger partial charge in [0.05, 0.1) is 30.8 Å². The number of hydrogen-bond donors (Lipinski definition) is 0. The van der Waals surface area contributed by atoms with Gasteiger partial charge in [0.15, 0.2) is 11.5 Å². The average molecular weight is 422 g/mol. The van der Waals surface area contributed by atoms with Crippen molar-refractivity contribution >= 4 is 16.0 Å². The maximum absolute atomic E-state index is 13.1. The molecule has 8 heteroatoms. The summed E-state index contributed by atoms with van der Waals surface area (Å²) in [6, 6.07) is 11.1. The van der Waals surface area contributed by atoms with E-state index in [1.807, 2.05) is 13.0 Å². The fourth-order valence-corrected chi connectivity index (χ4v) is 4.22. The molecule has 0 aliphatic carbocycles. The maximum atomic E-state index is 13.1. The van der Waals surface area contributed by atoms with E-state index in [9.17, 15) is 13.2 Å². The Balaban J connectivity index is 2.25. The molecular weight excluding hydrogens is 394 g/mol. The Kier molecular flexibility index (Phi) is 8.04. The first-order valence-corrected chi connectivity index (χ1v) is 10.9. The summed E-state index contributed by atoms with van der Waals surface area (Å²) in [6.45, 7) is 6.60. The first-order chi connectivity index (χ1) is 13.9. The van der Waals surface area contributed by atoms with Gasteiger partial charge in [-0.3, -0.25) is 0 Å². The third kappa shape index (κ3) is 5.48. The van der Waals surface area contributed by atoms with Crippen LogP contribution in [0, 0.1) is 0 Å². The minimum absolute atomic E-state index is 0.116. The second-order valence-electron chi connectivity index (χ2n) is 6.09. The summed E-state index contributed by atoms with van der Waals surface area (Å²) in [5.41, 5.74) is 1.09. The summed E-state index contributed by atoms with van der Waals surface area (Å²) in [7, 11) is -2.19. The highest BCUT2D eigenvalue weighted by atomic mass is 32.2. The van der Waals surface area contributed by atoms with Crippen molar-refractivity contribution in [2.45, 2.75) is 32.2 Å². The number of sulfonamides is 1. The third-order valence-corrected chi connectivity index (χ3v) is 6.18. The lowest BCUT2D eigenvalue weighted by Gasteiger charge is -2.21. The van der Waals surface area contributed by atoms with Crippen molar-refractivity contribution < 1.29 is 27.4 Å². The molecule has 2 rings (SSSR count). The predicted molar refractivity (Wildman–Crippen MR) is 110 cm³/mol. The number of methoxy groups -OCH3 is 1. The largest absolute Gasteiger partial charge is 0.493 e. The Hall–Kier alpha value is -2.58. The Bertz CT molecular complexity index is 925. The molecule has 0 spiro atoms. The zero-order chi connectivity index (χ0) is 21.4. The molecule has 29 heavy (non-hydrogen) atoms. The molecule has 0 fully saturated rings. The Morgan fingerprint density at radius 2 is 1.66 bits per heavy atom. The van der Waals surface area contributed by atoms with Gasteiger partial charge in [0.2, 0.25) is 10.0 Å². The lowest BCUT2D eigenvalue weighted by Crippen LogP contribution is -2.30. The summed E-state index contributed by atoms with van der Waals surface area (Å²) in [6.07, 6.45) is 0. The van der Waals surface area contributed by atoms with Crippen molar-refractivity contribution in [1.29, 1.82) is 0 Å². The van der Waals surface area contributed by atoms with Gasteiger partial charge in [0.25, 0.3) is 0 Å². The quantitative estimate of drug-likeness (QED) is 0.546. The van der Waals surface area contributed by atoms with Crippen molar-refractivity contribution in [2.75, 3.05) is 26.9 Å². The molecule has 0 heterocycles. The molecule has 2 aromatic carbocycles. The summed E-state index contributed by atoms with van der Waals surface area (Å²) < 4.78 is 43.2. The molecule has 0 atom stereocenters. The predicted octanol–water partition coefficient (Wildman–Crippen LogP) is 3.48. The molecule has 0 radical (unpaired) electrons. The van der Waals surface area contributed by atoms with Crippen LogP contribution in [0.4, 0.5) is 0 Å². The van der Waals surface area contributed by atoms with Gasteiger partial charge in [-0.25, -0.2) is 13.2 Å². The van der Waals surface area contributed by atoms with E-state index in [0.717, 1.165) is 5.56 Å². The summed E-state index contributed by atoms with van der Waals surface area (Å²) >= 11 is 0. The number of hydrogen-bond acceptors (Lipinski definition) is 6. The van der Waals surface area contributed by atoms with Gasteiger partial charge in [0.1, 0.15) is 0 Å². The fraction of sp³-hybridized carbons (Fsp3) is 0.381. The van der Waals surface area contributed by atoms with Crippen LogP contribution in [-0.4, -0.2) is 45.6 Å². The molecule has 0 bridgehead atoms. The highest BCUT2D eigenvalue weighted by molar-refractivity contribution is 7.89. The average Bonchev–Trinajstić information content (AvgIpc) is 2.73. The molecule has 0 saturated carbocycles. The molecule has 0 unspecified atom stereocenters. The van der Waals surface area contributed by atoms with Crippen LogP contribution in [0.25, 0.3) is 0 Å². The van der Waals surface area contributed by atoms with Gasteiger partial charge in [-0.2, -0.15) is 4.31 Å². The zero-order valence-electron chi connectivity index (χ0n) is 17.2. The van der Waals surface area contributed by atoms with Crippen LogP contribution in [-0.2, 0) is 21.3 Å². The normalized spacial score (nSPS) is 11.3. The lowest BCUT2D eigenvalue weighted by molar-refractivity contribution is 0.0526. The monoisotopic (exact) mass is 421 g/mol. The molecular formula is C21H27NO6S. The van der Waals surface area contributed by atoms with E-state index in [0.29, 0.717) is 23.7 Å². The summed E-state index contributed by atoms with van der Waals surface area (Å²) in [5, 5.41) is 0. The van der Waals surface area contributed by atoms with Gasteiger partial charge >= 0.3 is 5.97 Å². The van der Waals surface area contributed by atoms with Crippen LogP contribution in [0.3, 0.4) is 0 Å². The smallest absolute Gasteiger partial charge is 0.338 e. The Labute approximate surface area is 172 Å². The van der Waals surface area contributed by atoms with Gasteiger partial charge in [-0.1, -0.05) is 13.0 Å². The second-order valence-corrected chi connectivity index (χ2v) is 8.03.